The zero-order valence-electron chi connectivity index (χ0n) is 21.3. The molecule has 4 aromatic carbocycles. The molecule has 0 spiro atoms. The van der Waals surface area contributed by atoms with Crippen LogP contribution in [0.25, 0.3) is 0 Å². The minimum atomic E-state index is -1.53. The van der Waals surface area contributed by atoms with Gasteiger partial charge in [0.1, 0.15) is 12.6 Å². The Morgan fingerprint density at radius 2 is 1.13 bits per heavy atom. The number of rotatable bonds is 11. The second-order valence-corrected chi connectivity index (χ2v) is 9.20. The highest BCUT2D eigenvalue weighted by Gasteiger charge is 2.50. The standard InChI is InChI=1S/C32H30N2O5/c33-28(35)21-27(29(30(36)37)34-31(38)39-22-23-13-5-1-6-14-23)32(24-15-7-2-8-16-24,25-17-9-3-10-18-25)26-19-11-4-12-20-26/h1-20,27,29H,21-22H2,(H2,33,35)(H,34,38)(H,36,37)/t27?,29-/m0/s1. The van der Waals surface area contributed by atoms with Crippen LogP contribution in [0, 0.1) is 5.92 Å². The van der Waals surface area contributed by atoms with Crippen molar-refractivity contribution in [3.63, 3.8) is 0 Å². The number of hydrogen-bond donors (Lipinski definition) is 3. The summed E-state index contributed by atoms with van der Waals surface area (Å²) in [6.45, 7) is -0.0410. The fraction of sp³-hybridized carbons (Fsp3) is 0.156. The Morgan fingerprint density at radius 1 is 0.718 bits per heavy atom. The zero-order chi connectivity index (χ0) is 27.7. The Hall–Kier alpha value is -4.91. The zero-order valence-corrected chi connectivity index (χ0v) is 21.3. The van der Waals surface area contributed by atoms with Gasteiger partial charge in [0.05, 0.1) is 5.41 Å². The highest BCUT2D eigenvalue weighted by molar-refractivity contribution is 5.83. The number of carbonyl (C=O) groups excluding carboxylic acids is 2. The number of carboxylic acid groups (broad SMARTS) is 1. The first-order chi connectivity index (χ1) is 18.9. The number of ether oxygens (including phenoxy) is 1. The molecule has 0 fully saturated rings. The predicted octanol–water partition coefficient (Wildman–Crippen LogP) is 4.89. The van der Waals surface area contributed by atoms with Gasteiger partial charge in [-0.2, -0.15) is 0 Å². The highest BCUT2D eigenvalue weighted by Crippen LogP contribution is 2.48. The molecule has 0 radical (unpaired) electrons. The maximum Gasteiger partial charge on any atom is 0.408 e. The Balaban J connectivity index is 1.87. The number of alkyl carbamates (subject to hydrolysis) is 1. The predicted molar refractivity (Wildman–Crippen MR) is 148 cm³/mol. The molecule has 0 saturated carbocycles. The number of nitrogens with two attached hydrogens (primary N) is 1. The van der Waals surface area contributed by atoms with Crippen molar-refractivity contribution in [3.8, 4) is 0 Å². The number of primary amides is 1. The van der Waals surface area contributed by atoms with Gasteiger partial charge in [-0.1, -0.05) is 121 Å². The lowest BCUT2D eigenvalue weighted by molar-refractivity contribution is -0.141. The van der Waals surface area contributed by atoms with Crippen molar-refractivity contribution in [2.75, 3.05) is 0 Å². The van der Waals surface area contributed by atoms with Gasteiger partial charge < -0.3 is 20.9 Å². The summed E-state index contributed by atoms with van der Waals surface area (Å²) in [5.41, 5.74) is 7.58. The fourth-order valence-electron chi connectivity index (χ4n) is 5.21. The molecule has 39 heavy (non-hydrogen) atoms. The number of hydrogen-bond acceptors (Lipinski definition) is 4. The third-order valence-electron chi connectivity index (χ3n) is 6.82. The van der Waals surface area contributed by atoms with Crippen molar-refractivity contribution in [1.82, 2.24) is 5.32 Å². The van der Waals surface area contributed by atoms with Gasteiger partial charge in [-0.05, 0) is 22.3 Å². The smallest absolute Gasteiger partial charge is 0.408 e. The van der Waals surface area contributed by atoms with Gasteiger partial charge in [0.25, 0.3) is 0 Å². The van der Waals surface area contributed by atoms with E-state index in [-0.39, 0.29) is 13.0 Å². The van der Waals surface area contributed by atoms with Gasteiger partial charge >= 0.3 is 12.1 Å². The van der Waals surface area contributed by atoms with Crippen LogP contribution in [-0.4, -0.2) is 29.1 Å². The number of nitrogens with one attached hydrogen (secondary N) is 1. The van der Waals surface area contributed by atoms with Crippen LogP contribution in [0.4, 0.5) is 4.79 Å². The molecular formula is C32H30N2O5. The van der Waals surface area contributed by atoms with Crippen LogP contribution < -0.4 is 11.1 Å². The molecular weight excluding hydrogens is 492 g/mol. The molecule has 0 bridgehead atoms. The molecule has 0 saturated heterocycles. The van der Waals surface area contributed by atoms with Crippen LogP contribution >= 0.6 is 0 Å². The Bertz CT molecular complexity index is 1280. The summed E-state index contributed by atoms with van der Waals surface area (Å²) in [6, 6.07) is 35.6. The molecule has 2 amide bonds. The second-order valence-electron chi connectivity index (χ2n) is 9.20. The normalized spacial score (nSPS) is 12.6. The van der Waals surface area contributed by atoms with E-state index in [0.29, 0.717) is 0 Å². The number of carbonyl (C=O) groups is 3. The van der Waals surface area contributed by atoms with Crippen molar-refractivity contribution in [3.05, 3.63) is 144 Å². The second kappa shape index (κ2) is 12.6. The summed E-state index contributed by atoms with van der Waals surface area (Å²) < 4.78 is 5.36. The van der Waals surface area contributed by atoms with Crippen LogP contribution in [-0.2, 0) is 26.3 Å². The van der Waals surface area contributed by atoms with E-state index in [4.69, 9.17) is 10.5 Å². The van der Waals surface area contributed by atoms with Crippen LogP contribution in [0.1, 0.15) is 28.7 Å². The van der Waals surface area contributed by atoms with Crippen molar-refractivity contribution in [2.45, 2.75) is 24.5 Å². The first-order valence-electron chi connectivity index (χ1n) is 12.6. The number of benzene rings is 4. The van der Waals surface area contributed by atoms with E-state index in [1.165, 1.54) is 0 Å². The summed E-state index contributed by atoms with van der Waals surface area (Å²) in [6.07, 6.45) is -1.24. The molecule has 198 valence electrons. The molecule has 0 heterocycles. The first kappa shape index (κ1) is 27.1. The van der Waals surface area contributed by atoms with Gasteiger partial charge in [0.15, 0.2) is 0 Å². The van der Waals surface area contributed by atoms with E-state index in [1.807, 2.05) is 109 Å². The Labute approximate surface area is 227 Å². The summed E-state index contributed by atoms with van der Waals surface area (Å²) in [7, 11) is 0. The Morgan fingerprint density at radius 3 is 1.51 bits per heavy atom. The molecule has 7 heteroatoms. The van der Waals surface area contributed by atoms with Crippen molar-refractivity contribution in [1.29, 1.82) is 0 Å². The van der Waals surface area contributed by atoms with E-state index >= 15 is 0 Å². The van der Waals surface area contributed by atoms with Gasteiger partial charge in [0, 0.05) is 12.3 Å². The SMILES string of the molecule is NC(=O)CC([C@H](NC(=O)OCc1ccccc1)C(=O)O)C(c1ccccc1)(c1ccccc1)c1ccccc1. The van der Waals surface area contributed by atoms with Crippen LogP contribution in [0.15, 0.2) is 121 Å². The Kier molecular flexibility index (Phi) is 8.74. The van der Waals surface area contributed by atoms with Crippen molar-refractivity contribution < 1.29 is 24.2 Å². The molecule has 1 unspecified atom stereocenters. The third-order valence-corrected chi connectivity index (χ3v) is 6.82. The van der Waals surface area contributed by atoms with Crippen LogP contribution in [0.2, 0.25) is 0 Å². The first-order valence-corrected chi connectivity index (χ1v) is 12.6. The topological polar surface area (TPSA) is 119 Å². The van der Waals surface area contributed by atoms with Gasteiger partial charge in [-0.3, -0.25) is 4.79 Å². The fourth-order valence-corrected chi connectivity index (χ4v) is 5.21. The molecule has 4 N–H and O–H groups in total. The van der Waals surface area contributed by atoms with Crippen LogP contribution in [0.5, 0.6) is 0 Å². The van der Waals surface area contributed by atoms with E-state index in [0.717, 1.165) is 22.3 Å². The highest BCUT2D eigenvalue weighted by atomic mass is 16.5. The average molecular weight is 523 g/mol. The molecule has 0 aliphatic rings. The molecule has 4 rings (SSSR count). The lowest BCUT2D eigenvalue weighted by Crippen LogP contribution is -2.55. The van der Waals surface area contributed by atoms with E-state index in [9.17, 15) is 19.5 Å². The maximum atomic E-state index is 12.9. The largest absolute Gasteiger partial charge is 0.480 e. The van der Waals surface area contributed by atoms with E-state index in [2.05, 4.69) is 5.32 Å². The molecule has 0 aliphatic heterocycles. The maximum absolute atomic E-state index is 12.9. The van der Waals surface area contributed by atoms with Crippen molar-refractivity contribution >= 4 is 18.0 Å². The molecule has 4 aromatic rings. The molecule has 7 nitrogen and oxygen atoms in total. The minimum absolute atomic E-state index is 0.0410. The number of amides is 2. The van der Waals surface area contributed by atoms with Gasteiger partial charge in [0.2, 0.25) is 5.91 Å². The van der Waals surface area contributed by atoms with Gasteiger partial charge in [-0.15, -0.1) is 0 Å². The van der Waals surface area contributed by atoms with Crippen molar-refractivity contribution in [2.24, 2.45) is 11.7 Å². The molecule has 2 atom stereocenters. The summed E-state index contributed by atoms with van der Waals surface area (Å²) in [5, 5.41) is 13.0. The molecule has 0 aliphatic carbocycles. The number of aliphatic carboxylic acids is 1. The quantitative estimate of drug-likeness (QED) is 0.242. The summed E-state index contributed by atoms with van der Waals surface area (Å²) in [5.74, 6) is -3.04. The monoisotopic (exact) mass is 522 g/mol. The summed E-state index contributed by atoms with van der Waals surface area (Å²) >= 11 is 0. The third kappa shape index (κ3) is 6.15. The molecule has 0 aromatic heterocycles. The summed E-state index contributed by atoms with van der Waals surface area (Å²) in [4.78, 5) is 38.4. The lowest BCUT2D eigenvalue weighted by atomic mass is 9.58. The minimum Gasteiger partial charge on any atom is -0.480 e. The van der Waals surface area contributed by atoms with E-state index < -0.39 is 35.3 Å². The van der Waals surface area contributed by atoms with Gasteiger partial charge in [-0.25, -0.2) is 9.59 Å². The van der Waals surface area contributed by atoms with Crippen LogP contribution in [0.3, 0.4) is 0 Å². The lowest BCUT2D eigenvalue weighted by Gasteiger charge is -2.44. The van der Waals surface area contributed by atoms with E-state index in [1.54, 1.807) is 12.1 Å². The number of carboxylic acids is 1. The average Bonchev–Trinajstić information content (AvgIpc) is 2.97.